The number of nitrogens with one attached hydrogen (secondary N) is 1. The molecule has 1 atom stereocenters. The van der Waals surface area contributed by atoms with Gasteiger partial charge in [0.2, 0.25) is 11.8 Å². The average Bonchev–Trinajstić information content (AvgIpc) is 2.72. The minimum atomic E-state index is -1.09. The number of carboxylic acids is 1. The predicted molar refractivity (Wildman–Crippen MR) is 72.7 cm³/mol. The highest BCUT2D eigenvalue weighted by Crippen LogP contribution is 2.26. The number of nitrogens with zero attached hydrogens (tertiary/aromatic N) is 1. The summed E-state index contributed by atoms with van der Waals surface area (Å²) >= 11 is 1.50. The molecule has 19 heavy (non-hydrogen) atoms. The fraction of sp³-hybridized carbons (Fsp3) is 0.750. The molecule has 2 N–H and O–H groups in total. The van der Waals surface area contributed by atoms with Crippen molar-refractivity contribution in [1.29, 1.82) is 0 Å². The molecule has 1 unspecified atom stereocenters. The van der Waals surface area contributed by atoms with Gasteiger partial charge in [0, 0.05) is 12.2 Å². The second-order valence-corrected chi connectivity index (χ2v) is 6.73. The van der Waals surface area contributed by atoms with Gasteiger partial charge in [0.25, 0.3) is 0 Å². The molecule has 1 saturated heterocycles. The van der Waals surface area contributed by atoms with Crippen LogP contribution >= 0.6 is 11.8 Å². The SMILES string of the molecule is CC(C)(C)CC(=O)N1CSCC1C(=O)NCC(=O)O. The third-order valence-corrected chi connectivity index (χ3v) is 3.61. The molecule has 7 heteroatoms. The fourth-order valence-electron chi connectivity index (χ4n) is 1.74. The largest absolute Gasteiger partial charge is 0.480 e. The minimum Gasteiger partial charge on any atom is -0.480 e. The van der Waals surface area contributed by atoms with Gasteiger partial charge in [-0.15, -0.1) is 11.8 Å². The first-order chi connectivity index (χ1) is 8.70. The Labute approximate surface area is 116 Å². The second-order valence-electron chi connectivity index (χ2n) is 5.73. The lowest BCUT2D eigenvalue weighted by Gasteiger charge is -2.26. The molecule has 1 aliphatic heterocycles. The third kappa shape index (κ3) is 5.10. The van der Waals surface area contributed by atoms with Crippen LogP contribution in [0.1, 0.15) is 27.2 Å². The van der Waals surface area contributed by atoms with Gasteiger partial charge in [0.05, 0.1) is 5.88 Å². The summed E-state index contributed by atoms with van der Waals surface area (Å²) in [5, 5.41) is 10.9. The van der Waals surface area contributed by atoms with Crippen LogP contribution in [0.25, 0.3) is 0 Å². The van der Waals surface area contributed by atoms with Crippen molar-refractivity contribution in [3.05, 3.63) is 0 Å². The summed E-state index contributed by atoms with van der Waals surface area (Å²) in [5.41, 5.74) is -0.133. The van der Waals surface area contributed by atoms with Crippen LogP contribution in [0.3, 0.4) is 0 Å². The predicted octanol–water partition coefficient (Wildman–Crippen LogP) is 0.525. The number of hydrogen-bond acceptors (Lipinski definition) is 4. The van der Waals surface area contributed by atoms with Crippen molar-refractivity contribution in [3.63, 3.8) is 0 Å². The van der Waals surface area contributed by atoms with E-state index in [-0.39, 0.29) is 11.3 Å². The maximum atomic E-state index is 12.1. The van der Waals surface area contributed by atoms with E-state index in [1.54, 1.807) is 0 Å². The van der Waals surface area contributed by atoms with E-state index >= 15 is 0 Å². The topological polar surface area (TPSA) is 86.7 Å². The van der Waals surface area contributed by atoms with Crippen molar-refractivity contribution < 1.29 is 19.5 Å². The molecule has 1 aliphatic rings. The van der Waals surface area contributed by atoms with Crippen LogP contribution in [0.4, 0.5) is 0 Å². The first-order valence-corrected chi connectivity index (χ1v) is 7.23. The first-order valence-electron chi connectivity index (χ1n) is 6.07. The minimum absolute atomic E-state index is 0.0621. The van der Waals surface area contributed by atoms with Crippen LogP contribution in [0.15, 0.2) is 0 Å². The zero-order chi connectivity index (χ0) is 14.6. The van der Waals surface area contributed by atoms with E-state index in [9.17, 15) is 14.4 Å². The van der Waals surface area contributed by atoms with Crippen LogP contribution in [0.2, 0.25) is 0 Å². The number of carbonyl (C=O) groups excluding carboxylic acids is 2. The zero-order valence-electron chi connectivity index (χ0n) is 11.4. The molecule has 0 bridgehead atoms. The highest BCUT2D eigenvalue weighted by atomic mass is 32.2. The van der Waals surface area contributed by atoms with Crippen molar-refractivity contribution in [2.75, 3.05) is 18.2 Å². The molecule has 6 nitrogen and oxygen atoms in total. The van der Waals surface area contributed by atoms with Crippen molar-refractivity contribution >= 4 is 29.5 Å². The molecule has 0 saturated carbocycles. The Balaban J connectivity index is 2.60. The lowest BCUT2D eigenvalue weighted by atomic mass is 9.91. The molecule has 1 rings (SSSR count). The number of aliphatic carboxylic acids is 1. The Kier molecular flexibility index (Phi) is 5.22. The summed E-state index contributed by atoms with van der Waals surface area (Å²) in [5.74, 6) is -0.546. The van der Waals surface area contributed by atoms with E-state index < -0.39 is 24.5 Å². The molecule has 0 aliphatic carbocycles. The van der Waals surface area contributed by atoms with Gasteiger partial charge in [-0.1, -0.05) is 20.8 Å². The molecule has 2 amide bonds. The Morgan fingerprint density at radius 2 is 2.00 bits per heavy atom. The van der Waals surface area contributed by atoms with Crippen molar-refractivity contribution in [1.82, 2.24) is 10.2 Å². The standard InChI is InChI=1S/C12H20N2O4S/c1-12(2,3)4-9(15)14-7-19-6-8(14)11(18)13-5-10(16)17/h8H,4-7H2,1-3H3,(H,13,18)(H,16,17). The Morgan fingerprint density at radius 1 is 1.37 bits per heavy atom. The Hall–Kier alpha value is -1.24. The second kappa shape index (κ2) is 6.27. The Bertz CT molecular complexity index is 378. The van der Waals surface area contributed by atoms with Crippen molar-refractivity contribution in [2.45, 2.75) is 33.2 Å². The van der Waals surface area contributed by atoms with E-state index in [4.69, 9.17) is 5.11 Å². The van der Waals surface area contributed by atoms with E-state index in [1.807, 2.05) is 20.8 Å². The summed E-state index contributed by atoms with van der Waals surface area (Å²) in [7, 11) is 0. The molecule has 1 fully saturated rings. The van der Waals surface area contributed by atoms with E-state index in [0.717, 1.165) is 0 Å². The summed E-state index contributed by atoms with van der Waals surface area (Å²) in [4.78, 5) is 35.9. The molecule has 0 aromatic heterocycles. The van der Waals surface area contributed by atoms with Gasteiger partial charge in [0.15, 0.2) is 0 Å². The molecule has 0 aromatic carbocycles. The summed E-state index contributed by atoms with van der Waals surface area (Å²) in [6, 6.07) is -0.556. The third-order valence-electron chi connectivity index (χ3n) is 2.60. The van der Waals surface area contributed by atoms with Gasteiger partial charge >= 0.3 is 5.97 Å². The Morgan fingerprint density at radius 3 is 2.53 bits per heavy atom. The van der Waals surface area contributed by atoms with Gasteiger partial charge in [0.1, 0.15) is 12.6 Å². The maximum absolute atomic E-state index is 12.1. The van der Waals surface area contributed by atoms with Crippen LogP contribution < -0.4 is 5.32 Å². The highest BCUT2D eigenvalue weighted by molar-refractivity contribution is 7.99. The number of rotatable bonds is 4. The van der Waals surface area contributed by atoms with E-state index in [1.165, 1.54) is 16.7 Å². The molecular weight excluding hydrogens is 268 g/mol. The normalized spacial score (nSPS) is 19.3. The molecule has 0 radical (unpaired) electrons. The van der Waals surface area contributed by atoms with Crippen LogP contribution in [0.5, 0.6) is 0 Å². The van der Waals surface area contributed by atoms with Crippen LogP contribution in [-0.4, -0.2) is 52.0 Å². The van der Waals surface area contributed by atoms with Gasteiger partial charge in [-0.2, -0.15) is 0 Å². The molecule has 108 valence electrons. The lowest BCUT2D eigenvalue weighted by molar-refractivity contribution is -0.141. The fourth-order valence-corrected chi connectivity index (χ4v) is 2.92. The van der Waals surface area contributed by atoms with E-state index in [2.05, 4.69) is 5.32 Å². The number of carbonyl (C=O) groups is 3. The van der Waals surface area contributed by atoms with Gasteiger partial charge < -0.3 is 15.3 Å². The molecule has 1 heterocycles. The quantitative estimate of drug-likeness (QED) is 0.788. The number of amides is 2. The highest BCUT2D eigenvalue weighted by Gasteiger charge is 2.35. The van der Waals surface area contributed by atoms with Crippen LogP contribution in [-0.2, 0) is 14.4 Å². The summed E-state index contributed by atoms with van der Waals surface area (Å²) in [6.45, 7) is 5.48. The first kappa shape index (κ1) is 15.8. The van der Waals surface area contributed by atoms with Crippen molar-refractivity contribution in [3.8, 4) is 0 Å². The maximum Gasteiger partial charge on any atom is 0.322 e. The van der Waals surface area contributed by atoms with Gasteiger partial charge in [-0.05, 0) is 5.41 Å². The molecule has 0 spiro atoms. The van der Waals surface area contributed by atoms with Crippen LogP contribution in [0, 0.1) is 5.41 Å². The smallest absolute Gasteiger partial charge is 0.322 e. The van der Waals surface area contributed by atoms with Gasteiger partial charge in [-0.25, -0.2) is 0 Å². The number of thioether (sulfide) groups is 1. The molecule has 0 aromatic rings. The monoisotopic (exact) mass is 288 g/mol. The van der Waals surface area contributed by atoms with E-state index in [0.29, 0.717) is 18.1 Å². The zero-order valence-corrected chi connectivity index (χ0v) is 12.2. The average molecular weight is 288 g/mol. The number of hydrogen-bond donors (Lipinski definition) is 2. The van der Waals surface area contributed by atoms with Crippen molar-refractivity contribution in [2.24, 2.45) is 5.41 Å². The van der Waals surface area contributed by atoms with Gasteiger partial charge in [-0.3, -0.25) is 14.4 Å². The summed E-state index contributed by atoms with van der Waals surface area (Å²) in [6.07, 6.45) is 0.371. The molecular formula is C12H20N2O4S. The lowest BCUT2D eigenvalue weighted by Crippen LogP contribution is -2.48. The summed E-state index contributed by atoms with van der Waals surface area (Å²) < 4.78 is 0. The number of carboxylic acid groups (broad SMARTS) is 1.